The topological polar surface area (TPSA) is 61.6 Å². The lowest BCUT2D eigenvalue weighted by Gasteiger charge is -2.34. The van der Waals surface area contributed by atoms with Gasteiger partial charge in [-0.1, -0.05) is 12.1 Å². The molecule has 0 aliphatic carbocycles. The largest absolute Gasteiger partial charge is 0.360 e. The van der Waals surface area contributed by atoms with E-state index in [0.717, 1.165) is 57.1 Å². The fourth-order valence-electron chi connectivity index (χ4n) is 2.35. The second kappa shape index (κ2) is 7.40. The molecule has 6 heteroatoms. The van der Waals surface area contributed by atoms with Crippen molar-refractivity contribution in [3.8, 4) is 0 Å². The van der Waals surface area contributed by atoms with E-state index in [1.54, 1.807) is 0 Å². The Morgan fingerprint density at radius 2 is 2.15 bits per heavy atom. The maximum Gasteiger partial charge on any atom is 0.236 e. The van der Waals surface area contributed by atoms with Gasteiger partial charge in [-0.05, 0) is 19.9 Å². The summed E-state index contributed by atoms with van der Waals surface area (Å²) < 4.78 is 5.22. The minimum absolute atomic E-state index is 0.202. The monoisotopic (exact) mass is 280 g/mol. The lowest BCUT2D eigenvalue weighted by molar-refractivity contribution is -0.132. The zero-order chi connectivity index (χ0) is 14.4. The number of piperazine rings is 1. The summed E-state index contributed by atoms with van der Waals surface area (Å²) in [5.41, 5.74) is 0.913. The van der Waals surface area contributed by atoms with Gasteiger partial charge in [-0.25, -0.2) is 0 Å². The molecule has 0 unspecified atom stereocenters. The van der Waals surface area contributed by atoms with Crippen molar-refractivity contribution in [2.45, 2.75) is 26.8 Å². The maximum absolute atomic E-state index is 12.0. The molecule has 1 amide bonds. The third kappa shape index (κ3) is 4.31. The van der Waals surface area contributed by atoms with Gasteiger partial charge in [0, 0.05) is 32.2 Å². The quantitative estimate of drug-likeness (QED) is 0.774. The van der Waals surface area contributed by atoms with Crippen LogP contribution in [0.3, 0.4) is 0 Å². The minimum atomic E-state index is 0.202. The van der Waals surface area contributed by atoms with Crippen LogP contribution in [0, 0.1) is 6.92 Å². The van der Waals surface area contributed by atoms with E-state index in [1.165, 1.54) is 0 Å². The first kappa shape index (κ1) is 15.0. The van der Waals surface area contributed by atoms with Crippen LogP contribution in [-0.4, -0.2) is 60.1 Å². The predicted molar refractivity (Wildman–Crippen MR) is 76.3 cm³/mol. The molecule has 0 radical (unpaired) electrons. The van der Waals surface area contributed by atoms with E-state index in [4.69, 9.17) is 4.52 Å². The smallest absolute Gasteiger partial charge is 0.236 e. The zero-order valence-corrected chi connectivity index (χ0v) is 12.4. The van der Waals surface area contributed by atoms with E-state index in [9.17, 15) is 4.79 Å². The number of rotatable bonds is 6. The molecule has 20 heavy (non-hydrogen) atoms. The molecule has 2 heterocycles. The molecule has 1 N–H and O–H groups in total. The molecule has 0 saturated carbocycles. The first-order valence-electron chi connectivity index (χ1n) is 7.32. The summed E-state index contributed by atoms with van der Waals surface area (Å²) >= 11 is 0. The first-order valence-corrected chi connectivity index (χ1v) is 7.32. The van der Waals surface area contributed by atoms with Gasteiger partial charge in [0.25, 0.3) is 0 Å². The van der Waals surface area contributed by atoms with E-state index in [2.05, 4.69) is 22.3 Å². The van der Waals surface area contributed by atoms with Gasteiger partial charge in [0.1, 0.15) is 0 Å². The molecule has 0 spiro atoms. The van der Waals surface area contributed by atoms with Crippen molar-refractivity contribution in [1.29, 1.82) is 0 Å². The second-order valence-electron chi connectivity index (χ2n) is 5.27. The van der Waals surface area contributed by atoms with Crippen LogP contribution in [0.25, 0.3) is 0 Å². The van der Waals surface area contributed by atoms with E-state index in [-0.39, 0.29) is 5.91 Å². The molecule has 1 aromatic rings. The highest BCUT2D eigenvalue weighted by Gasteiger charge is 2.21. The standard InChI is InChI=1S/C14H24N4O2/c1-3-4-15-10-14(19)18-7-5-17(6-8-18)11-13-9-12(2)16-20-13/h9,15H,3-8,10-11H2,1-2H3. The molecule has 0 bridgehead atoms. The normalized spacial score (nSPS) is 16.6. The summed E-state index contributed by atoms with van der Waals surface area (Å²) in [6, 6.07) is 1.96. The third-order valence-electron chi connectivity index (χ3n) is 3.48. The Bertz CT molecular complexity index is 425. The summed E-state index contributed by atoms with van der Waals surface area (Å²) in [4.78, 5) is 16.2. The van der Waals surface area contributed by atoms with Gasteiger partial charge in [0.05, 0.1) is 18.8 Å². The van der Waals surface area contributed by atoms with Crippen molar-refractivity contribution in [2.24, 2.45) is 0 Å². The van der Waals surface area contributed by atoms with Gasteiger partial charge < -0.3 is 14.7 Å². The highest BCUT2D eigenvalue weighted by Crippen LogP contribution is 2.09. The van der Waals surface area contributed by atoms with Crippen molar-refractivity contribution < 1.29 is 9.32 Å². The number of carbonyl (C=O) groups is 1. The molecule has 112 valence electrons. The molecule has 1 aliphatic heterocycles. The molecule has 1 fully saturated rings. The van der Waals surface area contributed by atoms with Gasteiger partial charge >= 0.3 is 0 Å². The number of carbonyl (C=O) groups excluding carboxylic acids is 1. The van der Waals surface area contributed by atoms with Crippen LogP contribution in [0.1, 0.15) is 24.8 Å². The number of amides is 1. The Morgan fingerprint density at radius 3 is 2.75 bits per heavy atom. The lowest BCUT2D eigenvalue weighted by atomic mass is 10.3. The average Bonchev–Trinajstić information content (AvgIpc) is 2.85. The Kier molecular flexibility index (Phi) is 5.55. The molecule has 0 aromatic carbocycles. The Hall–Kier alpha value is -1.40. The molecular weight excluding hydrogens is 256 g/mol. The molecule has 2 rings (SSSR count). The number of aromatic nitrogens is 1. The Morgan fingerprint density at radius 1 is 1.40 bits per heavy atom. The lowest BCUT2D eigenvalue weighted by Crippen LogP contribution is -2.50. The van der Waals surface area contributed by atoms with E-state index in [0.29, 0.717) is 6.54 Å². The molecule has 1 saturated heterocycles. The first-order chi connectivity index (χ1) is 9.69. The molecule has 1 aromatic heterocycles. The van der Waals surface area contributed by atoms with Gasteiger partial charge in [0.15, 0.2) is 5.76 Å². The van der Waals surface area contributed by atoms with Crippen molar-refractivity contribution in [1.82, 2.24) is 20.3 Å². The summed E-state index contributed by atoms with van der Waals surface area (Å²) in [7, 11) is 0. The van der Waals surface area contributed by atoms with Crippen LogP contribution in [0.4, 0.5) is 0 Å². The van der Waals surface area contributed by atoms with Crippen molar-refractivity contribution >= 4 is 5.91 Å². The van der Waals surface area contributed by atoms with Crippen molar-refractivity contribution in [2.75, 3.05) is 39.3 Å². The maximum atomic E-state index is 12.0. The Balaban J connectivity index is 1.70. The summed E-state index contributed by atoms with van der Waals surface area (Å²) in [6.07, 6.45) is 1.05. The average molecular weight is 280 g/mol. The Labute approximate surface area is 120 Å². The number of nitrogens with zero attached hydrogens (tertiary/aromatic N) is 3. The predicted octanol–water partition coefficient (Wildman–Crippen LogP) is 0.627. The van der Waals surface area contributed by atoms with Crippen LogP contribution in [0.5, 0.6) is 0 Å². The van der Waals surface area contributed by atoms with Crippen LogP contribution in [0.15, 0.2) is 10.6 Å². The second-order valence-corrected chi connectivity index (χ2v) is 5.27. The van der Waals surface area contributed by atoms with Crippen LogP contribution in [-0.2, 0) is 11.3 Å². The van der Waals surface area contributed by atoms with Crippen LogP contribution < -0.4 is 5.32 Å². The third-order valence-corrected chi connectivity index (χ3v) is 3.48. The molecular formula is C14H24N4O2. The van der Waals surface area contributed by atoms with E-state index in [1.807, 2.05) is 17.9 Å². The highest BCUT2D eigenvalue weighted by atomic mass is 16.5. The van der Waals surface area contributed by atoms with Crippen molar-refractivity contribution in [3.63, 3.8) is 0 Å². The summed E-state index contributed by atoms with van der Waals surface area (Å²) in [5, 5.41) is 7.05. The minimum Gasteiger partial charge on any atom is -0.360 e. The van der Waals surface area contributed by atoms with E-state index < -0.39 is 0 Å². The fraction of sp³-hybridized carbons (Fsp3) is 0.714. The SMILES string of the molecule is CCCNCC(=O)N1CCN(Cc2cc(C)no2)CC1. The van der Waals surface area contributed by atoms with Crippen molar-refractivity contribution in [3.05, 3.63) is 17.5 Å². The van der Waals surface area contributed by atoms with Gasteiger partial charge in [-0.2, -0.15) is 0 Å². The summed E-state index contributed by atoms with van der Waals surface area (Å²) in [5.74, 6) is 1.10. The van der Waals surface area contributed by atoms with Gasteiger partial charge in [-0.15, -0.1) is 0 Å². The van der Waals surface area contributed by atoms with Crippen LogP contribution in [0.2, 0.25) is 0 Å². The van der Waals surface area contributed by atoms with E-state index >= 15 is 0 Å². The molecule has 0 atom stereocenters. The van der Waals surface area contributed by atoms with Crippen LogP contribution >= 0.6 is 0 Å². The van der Waals surface area contributed by atoms with Gasteiger partial charge in [-0.3, -0.25) is 9.69 Å². The highest BCUT2D eigenvalue weighted by molar-refractivity contribution is 5.78. The molecule has 1 aliphatic rings. The number of hydrogen-bond donors (Lipinski definition) is 1. The molecule has 6 nitrogen and oxygen atoms in total. The number of aryl methyl sites for hydroxylation is 1. The zero-order valence-electron chi connectivity index (χ0n) is 12.4. The fourth-order valence-corrected chi connectivity index (χ4v) is 2.35. The number of hydrogen-bond acceptors (Lipinski definition) is 5. The number of nitrogens with one attached hydrogen (secondary N) is 1. The van der Waals surface area contributed by atoms with Gasteiger partial charge in [0.2, 0.25) is 5.91 Å². The summed E-state index contributed by atoms with van der Waals surface area (Å²) in [6.45, 7) is 9.51.